The van der Waals surface area contributed by atoms with Crippen molar-refractivity contribution in [2.45, 2.75) is 45.6 Å². The van der Waals surface area contributed by atoms with E-state index < -0.39 is 5.60 Å². The Morgan fingerprint density at radius 2 is 2.18 bits per heavy atom. The average Bonchev–Trinajstić information content (AvgIpc) is 2.18. The van der Waals surface area contributed by atoms with Crippen molar-refractivity contribution in [2.24, 2.45) is 0 Å². The van der Waals surface area contributed by atoms with Crippen LogP contribution in [0.4, 0.5) is 5.69 Å². The van der Waals surface area contributed by atoms with Crippen molar-refractivity contribution in [2.75, 3.05) is 5.73 Å². The fourth-order valence-corrected chi connectivity index (χ4v) is 1.46. The number of carbonyl (C=O) groups excluding carboxylic acids is 1. The summed E-state index contributed by atoms with van der Waals surface area (Å²) in [6.45, 7) is 5.60. The third-order valence-electron chi connectivity index (χ3n) is 2.19. The maximum atomic E-state index is 11.5. The molecule has 0 radical (unpaired) electrons. The van der Waals surface area contributed by atoms with Crippen LogP contribution in [0.3, 0.4) is 0 Å². The first-order valence-electron chi connectivity index (χ1n) is 5.79. The Bertz CT molecular complexity index is 383. The molecule has 4 heteroatoms. The van der Waals surface area contributed by atoms with E-state index in [0.29, 0.717) is 6.42 Å². The monoisotopic (exact) mass is 236 g/mol. The van der Waals surface area contributed by atoms with Gasteiger partial charge in [-0.25, -0.2) is 0 Å². The summed E-state index contributed by atoms with van der Waals surface area (Å²) < 4.78 is 5.22. The zero-order chi connectivity index (χ0) is 12.9. The summed E-state index contributed by atoms with van der Waals surface area (Å²) in [7, 11) is 0. The van der Waals surface area contributed by atoms with Gasteiger partial charge in [-0.05, 0) is 45.2 Å². The van der Waals surface area contributed by atoms with Crippen molar-refractivity contribution in [1.82, 2.24) is 4.98 Å². The lowest BCUT2D eigenvalue weighted by Crippen LogP contribution is -2.23. The molecule has 0 fully saturated rings. The number of anilines is 1. The molecular formula is C13H20N2O2. The second-order valence-corrected chi connectivity index (χ2v) is 5.01. The van der Waals surface area contributed by atoms with Gasteiger partial charge in [0.1, 0.15) is 5.60 Å². The summed E-state index contributed by atoms with van der Waals surface area (Å²) in [5.41, 5.74) is 7.08. The minimum Gasteiger partial charge on any atom is -0.460 e. The highest BCUT2D eigenvalue weighted by Crippen LogP contribution is 2.14. The molecule has 0 aliphatic heterocycles. The molecule has 17 heavy (non-hydrogen) atoms. The first kappa shape index (κ1) is 13.5. The van der Waals surface area contributed by atoms with E-state index in [-0.39, 0.29) is 5.97 Å². The van der Waals surface area contributed by atoms with Crippen LogP contribution < -0.4 is 5.73 Å². The molecule has 0 bridgehead atoms. The van der Waals surface area contributed by atoms with Crippen molar-refractivity contribution in [1.29, 1.82) is 0 Å². The fraction of sp³-hybridized carbons (Fsp3) is 0.538. The van der Waals surface area contributed by atoms with Crippen molar-refractivity contribution < 1.29 is 9.53 Å². The number of pyridine rings is 1. The smallest absolute Gasteiger partial charge is 0.306 e. The van der Waals surface area contributed by atoms with Gasteiger partial charge in [-0.15, -0.1) is 0 Å². The van der Waals surface area contributed by atoms with E-state index in [9.17, 15) is 4.79 Å². The lowest BCUT2D eigenvalue weighted by molar-refractivity contribution is -0.154. The zero-order valence-corrected chi connectivity index (χ0v) is 10.7. The average molecular weight is 236 g/mol. The van der Waals surface area contributed by atoms with Crippen LogP contribution in [-0.2, 0) is 16.0 Å². The highest BCUT2D eigenvalue weighted by Gasteiger charge is 2.15. The third-order valence-corrected chi connectivity index (χ3v) is 2.19. The molecule has 0 spiro atoms. The number of hydrogen-bond donors (Lipinski definition) is 1. The standard InChI is InChI=1S/C13H20N2O2/c1-13(2,3)17-12(16)6-4-5-10-9-15-8-7-11(10)14/h7-9H,4-6H2,1-3H3,(H2,14,15). The molecule has 94 valence electrons. The van der Waals surface area contributed by atoms with Crippen molar-refractivity contribution in [3.63, 3.8) is 0 Å². The largest absolute Gasteiger partial charge is 0.460 e. The minimum atomic E-state index is -0.412. The molecule has 0 aliphatic rings. The molecule has 4 nitrogen and oxygen atoms in total. The van der Waals surface area contributed by atoms with Gasteiger partial charge >= 0.3 is 5.97 Å². The maximum absolute atomic E-state index is 11.5. The highest BCUT2D eigenvalue weighted by atomic mass is 16.6. The number of carbonyl (C=O) groups is 1. The molecular weight excluding hydrogens is 216 g/mol. The molecule has 1 heterocycles. The SMILES string of the molecule is CC(C)(C)OC(=O)CCCc1cnccc1N. The number of aryl methyl sites for hydroxylation is 1. The summed E-state index contributed by atoms with van der Waals surface area (Å²) in [5.74, 6) is -0.167. The van der Waals surface area contributed by atoms with Crippen molar-refractivity contribution >= 4 is 11.7 Å². The molecule has 0 aromatic carbocycles. The highest BCUT2D eigenvalue weighted by molar-refractivity contribution is 5.69. The number of hydrogen-bond acceptors (Lipinski definition) is 4. The first-order valence-corrected chi connectivity index (χ1v) is 5.79. The zero-order valence-electron chi connectivity index (χ0n) is 10.7. The van der Waals surface area contributed by atoms with E-state index in [2.05, 4.69) is 4.98 Å². The Morgan fingerprint density at radius 3 is 2.76 bits per heavy atom. The third kappa shape index (κ3) is 5.33. The number of nitrogens with zero attached hydrogens (tertiary/aromatic N) is 1. The number of esters is 1. The normalized spacial score (nSPS) is 11.2. The predicted molar refractivity (Wildman–Crippen MR) is 67.4 cm³/mol. The molecule has 0 saturated carbocycles. The number of aromatic nitrogens is 1. The van der Waals surface area contributed by atoms with Crippen LogP contribution in [0.15, 0.2) is 18.5 Å². The molecule has 1 aromatic heterocycles. The van der Waals surface area contributed by atoms with Crippen LogP contribution in [0.25, 0.3) is 0 Å². The van der Waals surface area contributed by atoms with Gasteiger partial charge in [0, 0.05) is 24.5 Å². The van der Waals surface area contributed by atoms with Crippen LogP contribution in [-0.4, -0.2) is 16.6 Å². The lowest BCUT2D eigenvalue weighted by atomic mass is 10.1. The van der Waals surface area contributed by atoms with E-state index >= 15 is 0 Å². The number of nitrogen functional groups attached to an aromatic ring is 1. The Morgan fingerprint density at radius 1 is 1.47 bits per heavy atom. The Kier molecular flexibility index (Phi) is 4.49. The van der Waals surface area contributed by atoms with Crippen molar-refractivity contribution in [3.05, 3.63) is 24.0 Å². The van der Waals surface area contributed by atoms with Gasteiger partial charge in [0.2, 0.25) is 0 Å². The molecule has 2 N–H and O–H groups in total. The second-order valence-electron chi connectivity index (χ2n) is 5.01. The number of ether oxygens (including phenoxy) is 1. The molecule has 0 atom stereocenters. The van der Waals surface area contributed by atoms with Crippen LogP contribution in [0, 0.1) is 0 Å². The van der Waals surface area contributed by atoms with Gasteiger partial charge in [0.05, 0.1) is 0 Å². The summed E-state index contributed by atoms with van der Waals surface area (Å²) in [6, 6.07) is 1.77. The fourth-order valence-electron chi connectivity index (χ4n) is 1.46. The van der Waals surface area contributed by atoms with Crippen LogP contribution in [0.2, 0.25) is 0 Å². The quantitative estimate of drug-likeness (QED) is 0.815. The Hall–Kier alpha value is -1.58. The molecule has 1 rings (SSSR count). The number of nitrogens with two attached hydrogens (primary N) is 1. The van der Waals surface area contributed by atoms with Gasteiger partial charge in [-0.3, -0.25) is 9.78 Å². The maximum Gasteiger partial charge on any atom is 0.306 e. The van der Waals surface area contributed by atoms with E-state index in [0.717, 1.165) is 24.1 Å². The molecule has 0 saturated heterocycles. The summed E-state index contributed by atoms with van der Waals surface area (Å²) >= 11 is 0. The van der Waals surface area contributed by atoms with E-state index in [1.54, 1.807) is 18.5 Å². The van der Waals surface area contributed by atoms with Gasteiger partial charge < -0.3 is 10.5 Å². The summed E-state index contributed by atoms with van der Waals surface area (Å²) in [4.78, 5) is 15.5. The van der Waals surface area contributed by atoms with Crippen LogP contribution in [0.5, 0.6) is 0 Å². The summed E-state index contributed by atoms with van der Waals surface area (Å²) in [6.07, 6.45) is 5.28. The lowest BCUT2D eigenvalue weighted by Gasteiger charge is -2.19. The Labute approximate surface area is 102 Å². The van der Waals surface area contributed by atoms with Gasteiger partial charge in [0.25, 0.3) is 0 Å². The van der Waals surface area contributed by atoms with Gasteiger partial charge in [-0.2, -0.15) is 0 Å². The van der Waals surface area contributed by atoms with Gasteiger partial charge in [-0.1, -0.05) is 0 Å². The van der Waals surface area contributed by atoms with E-state index in [1.807, 2.05) is 20.8 Å². The van der Waals surface area contributed by atoms with E-state index in [1.165, 1.54) is 0 Å². The topological polar surface area (TPSA) is 65.2 Å². The van der Waals surface area contributed by atoms with Crippen LogP contribution >= 0.6 is 0 Å². The number of rotatable bonds is 4. The Balaban J connectivity index is 2.34. The first-order chi connectivity index (χ1) is 7.88. The summed E-state index contributed by atoms with van der Waals surface area (Å²) in [5, 5.41) is 0. The predicted octanol–water partition coefficient (Wildman–Crippen LogP) is 2.33. The van der Waals surface area contributed by atoms with Crippen molar-refractivity contribution in [3.8, 4) is 0 Å². The molecule has 0 amide bonds. The van der Waals surface area contributed by atoms with E-state index in [4.69, 9.17) is 10.5 Å². The molecule has 0 unspecified atom stereocenters. The van der Waals surface area contributed by atoms with Gasteiger partial charge in [0.15, 0.2) is 0 Å². The second kappa shape index (κ2) is 5.66. The minimum absolute atomic E-state index is 0.167. The molecule has 0 aliphatic carbocycles. The molecule has 1 aromatic rings. The van der Waals surface area contributed by atoms with Crippen LogP contribution in [0.1, 0.15) is 39.2 Å².